The molecule has 1 atom stereocenters. The summed E-state index contributed by atoms with van der Waals surface area (Å²) in [6.07, 6.45) is 0. The van der Waals surface area contributed by atoms with Gasteiger partial charge in [-0.3, -0.25) is 4.79 Å². The Bertz CT molecular complexity index is 621. The second-order valence-electron chi connectivity index (χ2n) is 4.00. The van der Waals surface area contributed by atoms with Gasteiger partial charge in [0.05, 0.1) is 13.5 Å². The third kappa shape index (κ3) is 2.04. The van der Waals surface area contributed by atoms with Gasteiger partial charge in [-0.05, 0) is 44.0 Å². The molecule has 2 aromatic rings. The van der Waals surface area contributed by atoms with Gasteiger partial charge in [-0.15, -0.1) is 11.3 Å². The van der Waals surface area contributed by atoms with Gasteiger partial charge in [-0.25, -0.2) is 0 Å². The lowest BCUT2D eigenvalue weighted by molar-refractivity contribution is 0.0947. The predicted molar refractivity (Wildman–Crippen MR) is 78.7 cm³/mol. The molecule has 1 unspecified atom stereocenters. The third-order valence-electron chi connectivity index (χ3n) is 2.94. The van der Waals surface area contributed by atoms with Crippen LogP contribution in [0.1, 0.15) is 21.8 Å². The van der Waals surface area contributed by atoms with Gasteiger partial charge in [0.25, 0.3) is 0 Å². The van der Waals surface area contributed by atoms with Crippen LogP contribution in [0.25, 0.3) is 0 Å². The minimum atomic E-state index is -0.195. The van der Waals surface area contributed by atoms with Gasteiger partial charge in [-0.2, -0.15) is 0 Å². The van der Waals surface area contributed by atoms with Crippen LogP contribution in [-0.4, -0.2) is 12.4 Å². The number of para-hydroxylation sites is 1. The van der Waals surface area contributed by atoms with Crippen molar-refractivity contribution in [3.63, 3.8) is 0 Å². The van der Waals surface area contributed by atoms with Gasteiger partial charge in [0.1, 0.15) is 12.4 Å². The lowest BCUT2D eigenvalue weighted by Gasteiger charge is -2.06. The number of ketones is 1. The molecule has 3 rings (SSSR count). The topological polar surface area (TPSA) is 26.3 Å². The fraction of sp³-hybridized carbons (Fsp3) is 0.154. The van der Waals surface area contributed by atoms with E-state index < -0.39 is 0 Å². The molecule has 0 saturated heterocycles. The maximum absolute atomic E-state index is 12.5. The van der Waals surface area contributed by atoms with Gasteiger partial charge in [0.2, 0.25) is 0 Å². The number of carbonyl (C=O) groups excluding carboxylic acids is 1. The average Bonchev–Trinajstić information content (AvgIpc) is 2.92. The van der Waals surface area contributed by atoms with E-state index in [9.17, 15) is 4.79 Å². The van der Waals surface area contributed by atoms with Crippen LogP contribution in [0.15, 0.2) is 37.9 Å². The molecule has 0 aliphatic carbocycles. The standard InChI is InChI=1S/C13H8Br2O2S/c14-11-5-8(13(15)18-11)12(16)9-6-17-10-4-2-1-3-7(9)10/h1-5,9H,6H2. The van der Waals surface area contributed by atoms with E-state index >= 15 is 0 Å². The second kappa shape index (κ2) is 4.79. The number of thiophene rings is 1. The van der Waals surface area contributed by atoms with E-state index in [0.717, 1.165) is 24.4 Å². The Morgan fingerprint density at radius 3 is 2.83 bits per heavy atom. The molecule has 1 aromatic heterocycles. The molecule has 0 amide bonds. The van der Waals surface area contributed by atoms with Crippen LogP contribution in [0.4, 0.5) is 0 Å². The van der Waals surface area contributed by atoms with Gasteiger partial charge >= 0.3 is 0 Å². The third-order valence-corrected chi connectivity index (χ3v) is 5.28. The van der Waals surface area contributed by atoms with Crippen molar-refractivity contribution in [1.82, 2.24) is 0 Å². The minimum absolute atomic E-state index is 0.105. The first-order valence-corrected chi connectivity index (χ1v) is 7.78. The zero-order chi connectivity index (χ0) is 12.7. The van der Waals surface area contributed by atoms with Crippen molar-refractivity contribution in [2.45, 2.75) is 5.92 Å². The maximum Gasteiger partial charge on any atom is 0.175 e. The van der Waals surface area contributed by atoms with Crippen LogP contribution in [0.5, 0.6) is 5.75 Å². The number of hydrogen-bond acceptors (Lipinski definition) is 3. The molecule has 0 spiro atoms. The molecule has 0 radical (unpaired) electrons. The van der Waals surface area contributed by atoms with E-state index in [1.54, 1.807) is 0 Å². The van der Waals surface area contributed by atoms with Crippen LogP contribution in [0, 0.1) is 0 Å². The summed E-state index contributed by atoms with van der Waals surface area (Å²) >= 11 is 8.34. The van der Waals surface area contributed by atoms with E-state index in [2.05, 4.69) is 31.9 Å². The summed E-state index contributed by atoms with van der Waals surface area (Å²) < 4.78 is 7.37. The number of Topliss-reactive ketones (excluding diaryl/α,β-unsaturated/α-hetero) is 1. The summed E-state index contributed by atoms with van der Waals surface area (Å²) in [4.78, 5) is 12.5. The smallest absolute Gasteiger partial charge is 0.175 e. The first-order chi connectivity index (χ1) is 8.66. The Hall–Kier alpha value is -0.650. The highest BCUT2D eigenvalue weighted by atomic mass is 79.9. The molecule has 1 aromatic carbocycles. The summed E-state index contributed by atoms with van der Waals surface area (Å²) in [5, 5.41) is 0. The van der Waals surface area contributed by atoms with Crippen LogP contribution in [-0.2, 0) is 0 Å². The van der Waals surface area contributed by atoms with Crippen LogP contribution in [0.2, 0.25) is 0 Å². The Balaban J connectivity index is 1.98. The number of rotatable bonds is 2. The van der Waals surface area contributed by atoms with Crippen molar-refractivity contribution in [2.24, 2.45) is 0 Å². The number of benzene rings is 1. The highest BCUT2D eigenvalue weighted by Crippen LogP contribution is 2.39. The first kappa shape index (κ1) is 12.4. The van der Waals surface area contributed by atoms with Gasteiger partial charge < -0.3 is 4.74 Å². The molecule has 0 fully saturated rings. The largest absolute Gasteiger partial charge is 0.492 e. The zero-order valence-electron chi connectivity index (χ0n) is 9.15. The molecule has 0 saturated carbocycles. The summed E-state index contributed by atoms with van der Waals surface area (Å²) in [5.74, 6) is 0.731. The van der Waals surface area contributed by atoms with Crippen LogP contribution in [0.3, 0.4) is 0 Å². The quantitative estimate of drug-likeness (QED) is 0.702. The summed E-state index contributed by atoms with van der Waals surface area (Å²) in [6.45, 7) is 0.429. The second-order valence-corrected chi connectivity index (χ2v) is 7.75. The fourth-order valence-electron chi connectivity index (χ4n) is 2.08. The Morgan fingerprint density at radius 1 is 1.33 bits per heavy atom. The van der Waals surface area contributed by atoms with E-state index in [1.165, 1.54) is 11.3 Å². The fourth-order valence-corrected chi connectivity index (χ4v) is 4.89. The predicted octanol–water partition coefficient (Wildman–Crippen LogP) is 4.63. The number of halogens is 2. The summed E-state index contributed by atoms with van der Waals surface area (Å²) in [5.41, 5.74) is 1.70. The molecular weight excluding hydrogens is 380 g/mol. The molecule has 5 heteroatoms. The van der Waals surface area contributed by atoms with Crippen molar-refractivity contribution in [3.8, 4) is 5.75 Å². The normalized spacial score (nSPS) is 17.3. The summed E-state index contributed by atoms with van der Waals surface area (Å²) in [6, 6.07) is 9.58. The van der Waals surface area contributed by atoms with Crippen LogP contribution >= 0.6 is 43.2 Å². The zero-order valence-corrected chi connectivity index (χ0v) is 13.1. The number of fused-ring (bicyclic) bond motifs is 1. The highest BCUT2D eigenvalue weighted by molar-refractivity contribution is 9.12. The molecule has 1 aliphatic heterocycles. The Morgan fingerprint density at radius 2 is 2.11 bits per heavy atom. The molecular formula is C13H8Br2O2S. The average molecular weight is 388 g/mol. The van der Waals surface area contributed by atoms with Gasteiger partial charge in [-0.1, -0.05) is 18.2 Å². The van der Waals surface area contributed by atoms with E-state index in [4.69, 9.17) is 4.74 Å². The van der Waals surface area contributed by atoms with Crippen molar-refractivity contribution >= 4 is 49.0 Å². The Kier molecular flexibility index (Phi) is 3.30. The molecule has 0 N–H and O–H groups in total. The van der Waals surface area contributed by atoms with Crippen molar-refractivity contribution in [3.05, 3.63) is 49.0 Å². The lowest BCUT2D eigenvalue weighted by Crippen LogP contribution is -2.14. The van der Waals surface area contributed by atoms with E-state index in [0.29, 0.717) is 6.61 Å². The van der Waals surface area contributed by atoms with Crippen LogP contribution < -0.4 is 4.74 Å². The van der Waals surface area contributed by atoms with Gasteiger partial charge in [0, 0.05) is 11.1 Å². The van der Waals surface area contributed by atoms with Crippen molar-refractivity contribution in [2.75, 3.05) is 6.61 Å². The van der Waals surface area contributed by atoms with Crippen molar-refractivity contribution < 1.29 is 9.53 Å². The number of hydrogen-bond donors (Lipinski definition) is 0. The minimum Gasteiger partial charge on any atom is -0.492 e. The Labute approximate surface area is 125 Å². The van der Waals surface area contributed by atoms with E-state index in [1.807, 2.05) is 30.3 Å². The monoisotopic (exact) mass is 386 g/mol. The highest BCUT2D eigenvalue weighted by Gasteiger charge is 2.32. The molecule has 2 nitrogen and oxygen atoms in total. The molecule has 0 bridgehead atoms. The molecule has 2 heterocycles. The summed E-state index contributed by atoms with van der Waals surface area (Å²) in [7, 11) is 0. The molecule has 92 valence electrons. The molecule has 18 heavy (non-hydrogen) atoms. The van der Waals surface area contributed by atoms with Gasteiger partial charge in [0.15, 0.2) is 5.78 Å². The number of ether oxygens (including phenoxy) is 1. The van der Waals surface area contributed by atoms with Crippen molar-refractivity contribution in [1.29, 1.82) is 0 Å². The number of carbonyl (C=O) groups is 1. The lowest BCUT2D eigenvalue weighted by atomic mass is 9.94. The SMILES string of the molecule is O=C(c1cc(Br)sc1Br)C1COc2ccccc21. The molecule has 1 aliphatic rings. The maximum atomic E-state index is 12.5. The first-order valence-electron chi connectivity index (χ1n) is 5.37. The van der Waals surface area contributed by atoms with E-state index in [-0.39, 0.29) is 11.7 Å².